The Balaban J connectivity index is 1.96. The lowest BCUT2D eigenvalue weighted by molar-refractivity contribution is -0.114. The Labute approximate surface area is 137 Å². The quantitative estimate of drug-likeness (QED) is 0.750. The van der Waals surface area contributed by atoms with Crippen molar-refractivity contribution in [2.45, 2.75) is 13.5 Å². The first-order valence-corrected chi connectivity index (χ1v) is 7.04. The average Bonchev–Trinajstić information content (AvgIpc) is 2.49. The van der Waals surface area contributed by atoms with Gasteiger partial charge in [-0.05, 0) is 29.8 Å². The summed E-state index contributed by atoms with van der Waals surface area (Å²) in [5, 5.41) is 7.82. The van der Waals surface area contributed by atoms with E-state index in [1.165, 1.54) is 25.3 Å². The van der Waals surface area contributed by atoms with Crippen LogP contribution in [-0.2, 0) is 11.3 Å². The fourth-order valence-corrected chi connectivity index (χ4v) is 1.87. The molecule has 0 bridgehead atoms. The number of amides is 3. The summed E-state index contributed by atoms with van der Waals surface area (Å²) < 4.78 is 13.7. The molecule has 1 heterocycles. The average molecular weight is 337 g/mol. The third-order valence-electron chi connectivity index (χ3n) is 2.78. The van der Waals surface area contributed by atoms with E-state index in [9.17, 15) is 14.0 Å². The summed E-state index contributed by atoms with van der Waals surface area (Å²) in [6.07, 6.45) is 1.53. The highest BCUT2D eigenvalue weighted by Gasteiger charge is 2.08. The van der Waals surface area contributed by atoms with Crippen molar-refractivity contribution >= 4 is 34.9 Å². The first kappa shape index (κ1) is 16.7. The minimum Gasteiger partial charge on any atom is -0.334 e. The number of nitrogens with one attached hydrogen (secondary N) is 3. The second-order valence-corrected chi connectivity index (χ2v) is 5.06. The molecule has 0 fully saturated rings. The van der Waals surface area contributed by atoms with Crippen LogP contribution in [0.4, 0.5) is 20.6 Å². The van der Waals surface area contributed by atoms with Crippen molar-refractivity contribution in [2.24, 2.45) is 0 Å². The molecule has 0 aliphatic carbocycles. The third-order valence-corrected chi connectivity index (χ3v) is 3.00. The minimum absolute atomic E-state index is 0.0389. The van der Waals surface area contributed by atoms with Crippen LogP contribution in [0.15, 0.2) is 36.5 Å². The molecule has 1 aromatic carbocycles. The molecule has 0 saturated carbocycles. The van der Waals surface area contributed by atoms with Gasteiger partial charge < -0.3 is 16.0 Å². The number of carbonyl (C=O) groups is 2. The van der Waals surface area contributed by atoms with Crippen molar-refractivity contribution in [3.8, 4) is 0 Å². The second-order valence-electron chi connectivity index (χ2n) is 4.67. The van der Waals surface area contributed by atoms with Crippen molar-refractivity contribution in [2.75, 3.05) is 10.6 Å². The molecule has 2 aromatic rings. The first-order valence-electron chi connectivity index (χ1n) is 6.66. The van der Waals surface area contributed by atoms with E-state index < -0.39 is 11.8 Å². The van der Waals surface area contributed by atoms with Crippen LogP contribution in [0.3, 0.4) is 0 Å². The Bertz CT molecular complexity index is 722. The lowest BCUT2D eigenvalue weighted by Crippen LogP contribution is -2.28. The van der Waals surface area contributed by atoms with Crippen LogP contribution in [-0.4, -0.2) is 16.9 Å². The largest absolute Gasteiger partial charge is 0.334 e. The number of hydrogen-bond donors (Lipinski definition) is 3. The highest BCUT2D eigenvalue weighted by atomic mass is 35.5. The van der Waals surface area contributed by atoms with Crippen LogP contribution in [0.2, 0.25) is 5.15 Å². The smallest absolute Gasteiger partial charge is 0.319 e. The van der Waals surface area contributed by atoms with Crippen molar-refractivity contribution in [3.63, 3.8) is 0 Å². The predicted octanol–water partition coefficient (Wildman–Crippen LogP) is 3.15. The number of urea groups is 1. The SMILES string of the molecule is CC(=O)Nc1ccc(F)c(NC(=O)NCc2ccc(Cl)nc2)c1. The van der Waals surface area contributed by atoms with E-state index in [-0.39, 0.29) is 18.1 Å². The Kier molecular flexibility index (Phi) is 5.48. The number of anilines is 2. The van der Waals surface area contributed by atoms with Gasteiger partial charge >= 0.3 is 6.03 Å². The fourth-order valence-electron chi connectivity index (χ4n) is 1.76. The van der Waals surface area contributed by atoms with Crippen molar-refractivity contribution in [3.05, 3.63) is 53.1 Å². The van der Waals surface area contributed by atoms with Crippen LogP contribution in [0.5, 0.6) is 0 Å². The van der Waals surface area contributed by atoms with Crippen LogP contribution >= 0.6 is 11.6 Å². The molecule has 0 aliphatic rings. The molecule has 0 unspecified atom stereocenters. The molecule has 3 amide bonds. The van der Waals surface area contributed by atoms with Crippen molar-refractivity contribution in [1.82, 2.24) is 10.3 Å². The Hall–Kier alpha value is -2.67. The molecule has 120 valence electrons. The second kappa shape index (κ2) is 7.55. The topological polar surface area (TPSA) is 83.1 Å². The number of hydrogen-bond acceptors (Lipinski definition) is 3. The maximum Gasteiger partial charge on any atom is 0.319 e. The van der Waals surface area contributed by atoms with Gasteiger partial charge in [-0.3, -0.25) is 4.79 Å². The number of aromatic nitrogens is 1. The zero-order valence-electron chi connectivity index (χ0n) is 12.2. The molecule has 0 aliphatic heterocycles. The number of pyridine rings is 1. The van der Waals surface area contributed by atoms with E-state index in [4.69, 9.17) is 11.6 Å². The molecule has 0 atom stereocenters. The molecule has 6 nitrogen and oxygen atoms in total. The van der Waals surface area contributed by atoms with Gasteiger partial charge in [0.15, 0.2) is 0 Å². The lowest BCUT2D eigenvalue weighted by Gasteiger charge is -2.10. The van der Waals surface area contributed by atoms with Gasteiger partial charge in [-0.15, -0.1) is 0 Å². The van der Waals surface area contributed by atoms with Crippen LogP contribution < -0.4 is 16.0 Å². The Morgan fingerprint density at radius 2 is 2.00 bits per heavy atom. The van der Waals surface area contributed by atoms with Crippen LogP contribution in [0.1, 0.15) is 12.5 Å². The lowest BCUT2D eigenvalue weighted by atomic mass is 10.2. The molecule has 0 saturated heterocycles. The summed E-state index contributed by atoms with van der Waals surface area (Å²) in [4.78, 5) is 26.7. The van der Waals surface area contributed by atoms with Gasteiger partial charge in [-0.1, -0.05) is 17.7 Å². The normalized spacial score (nSPS) is 10.0. The van der Waals surface area contributed by atoms with E-state index in [1.807, 2.05) is 0 Å². The molecule has 8 heteroatoms. The molecule has 0 spiro atoms. The fraction of sp³-hybridized carbons (Fsp3) is 0.133. The molecule has 23 heavy (non-hydrogen) atoms. The monoisotopic (exact) mass is 336 g/mol. The van der Waals surface area contributed by atoms with Crippen molar-refractivity contribution < 1.29 is 14.0 Å². The molecular formula is C15H14ClFN4O2. The molecule has 3 N–H and O–H groups in total. The Morgan fingerprint density at radius 3 is 2.65 bits per heavy atom. The maximum absolute atomic E-state index is 13.7. The number of benzene rings is 1. The first-order chi connectivity index (χ1) is 10.9. The summed E-state index contributed by atoms with van der Waals surface area (Å²) in [6, 6.07) is 6.63. The highest BCUT2D eigenvalue weighted by Crippen LogP contribution is 2.19. The van der Waals surface area contributed by atoms with Crippen LogP contribution in [0.25, 0.3) is 0 Å². The van der Waals surface area contributed by atoms with E-state index in [0.717, 1.165) is 11.6 Å². The van der Waals surface area contributed by atoms with Crippen molar-refractivity contribution in [1.29, 1.82) is 0 Å². The maximum atomic E-state index is 13.7. The van der Waals surface area contributed by atoms with E-state index in [2.05, 4.69) is 20.9 Å². The number of carbonyl (C=O) groups excluding carboxylic acids is 2. The molecule has 1 aromatic heterocycles. The summed E-state index contributed by atoms with van der Waals surface area (Å²) in [7, 11) is 0. The Morgan fingerprint density at radius 1 is 1.22 bits per heavy atom. The number of rotatable bonds is 4. The number of nitrogens with zero attached hydrogens (tertiary/aromatic N) is 1. The zero-order chi connectivity index (χ0) is 16.8. The number of halogens is 2. The minimum atomic E-state index is -0.609. The van der Waals surface area contributed by atoms with Gasteiger partial charge in [0.25, 0.3) is 0 Å². The van der Waals surface area contributed by atoms with Gasteiger partial charge in [0.05, 0.1) is 5.69 Å². The van der Waals surface area contributed by atoms with E-state index >= 15 is 0 Å². The van der Waals surface area contributed by atoms with Gasteiger partial charge in [0.2, 0.25) is 5.91 Å². The zero-order valence-corrected chi connectivity index (χ0v) is 12.9. The molecule has 2 rings (SSSR count). The van der Waals surface area contributed by atoms with E-state index in [1.54, 1.807) is 12.1 Å². The summed E-state index contributed by atoms with van der Waals surface area (Å²) in [5.41, 5.74) is 1.09. The summed E-state index contributed by atoms with van der Waals surface area (Å²) >= 11 is 5.67. The van der Waals surface area contributed by atoms with Gasteiger partial charge in [0, 0.05) is 25.4 Å². The van der Waals surface area contributed by atoms with Gasteiger partial charge in [-0.25, -0.2) is 14.2 Å². The summed E-state index contributed by atoms with van der Waals surface area (Å²) in [5.74, 6) is -0.898. The van der Waals surface area contributed by atoms with Gasteiger partial charge in [0.1, 0.15) is 11.0 Å². The third kappa shape index (κ3) is 5.23. The predicted molar refractivity (Wildman–Crippen MR) is 85.8 cm³/mol. The molecular weight excluding hydrogens is 323 g/mol. The standard InChI is InChI=1S/C15H14ClFN4O2/c1-9(22)20-11-3-4-12(17)13(6-11)21-15(23)19-8-10-2-5-14(16)18-7-10/h2-7H,8H2,1H3,(H,20,22)(H2,19,21,23). The van der Waals surface area contributed by atoms with E-state index in [0.29, 0.717) is 10.8 Å². The van der Waals surface area contributed by atoms with Gasteiger partial charge in [-0.2, -0.15) is 0 Å². The molecule has 0 radical (unpaired) electrons. The van der Waals surface area contributed by atoms with Crippen LogP contribution in [0, 0.1) is 5.82 Å². The highest BCUT2D eigenvalue weighted by molar-refractivity contribution is 6.29. The summed E-state index contributed by atoms with van der Waals surface area (Å²) in [6.45, 7) is 1.55.